The first kappa shape index (κ1) is 22.0. The predicted octanol–water partition coefficient (Wildman–Crippen LogP) is 7.13. The molecular formula is C27H24N2O4S. The Morgan fingerprint density at radius 3 is 2.59 bits per heavy atom. The number of hydrogen-bond acceptors (Lipinski definition) is 5. The third kappa shape index (κ3) is 4.22. The van der Waals surface area contributed by atoms with Crippen molar-refractivity contribution in [2.45, 2.75) is 26.7 Å². The van der Waals surface area contributed by atoms with Crippen molar-refractivity contribution in [1.29, 1.82) is 0 Å². The van der Waals surface area contributed by atoms with Crippen LogP contribution >= 0.6 is 11.3 Å². The van der Waals surface area contributed by atoms with E-state index >= 15 is 0 Å². The molecule has 0 aliphatic heterocycles. The van der Waals surface area contributed by atoms with Gasteiger partial charge >= 0.3 is 6.16 Å². The van der Waals surface area contributed by atoms with E-state index in [-0.39, 0.29) is 5.88 Å². The van der Waals surface area contributed by atoms with Gasteiger partial charge in [0.25, 0.3) is 0 Å². The molecule has 2 heterocycles. The summed E-state index contributed by atoms with van der Waals surface area (Å²) in [4.78, 5) is 20.2. The lowest BCUT2D eigenvalue weighted by Crippen LogP contribution is -2.06. The Kier molecular flexibility index (Phi) is 5.94. The van der Waals surface area contributed by atoms with Crippen molar-refractivity contribution in [2.24, 2.45) is 0 Å². The Morgan fingerprint density at radius 1 is 1.03 bits per heavy atom. The minimum absolute atomic E-state index is 0.263. The van der Waals surface area contributed by atoms with Gasteiger partial charge in [-0.25, -0.2) is 9.78 Å². The number of aromatic amines is 1. The zero-order valence-corrected chi connectivity index (χ0v) is 19.7. The van der Waals surface area contributed by atoms with Gasteiger partial charge < -0.3 is 19.6 Å². The monoisotopic (exact) mass is 472 g/mol. The van der Waals surface area contributed by atoms with Crippen molar-refractivity contribution >= 4 is 39.2 Å². The molecule has 2 N–H and O–H groups in total. The Balaban J connectivity index is 1.42. The highest BCUT2D eigenvalue weighted by Gasteiger charge is 2.19. The lowest BCUT2D eigenvalue weighted by Gasteiger charge is -2.09. The first-order valence-electron chi connectivity index (χ1n) is 11.1. The minimum Gasteiger partial charge on any atom is -0.493 e. The van der Waals surface area contributed by atoms with Crippen LogP contribution < -0.4 is 9.47 Å². The number of H-pyrrole nitrogens is 1. The Morgan fingerprint density at radius 2 is 1.79 bits per heavy atom. The first-order valence-corrected chi connectivity index (χ1v) is 11.9. The number of benzene rings is 3. The van der Waals surface area contributed by atoms with Crippen LogP contribution in [-0.2, 0) is 6.42 Å². The number of carboxylic acid groups (broad SMARTS) is 1. The summed E-state index contributed by atoms with van der Waals surface area (Å²) in [6.45, 7) is 4.47. The fourth-order valence-electron chi connectivity index (χ4n) is 4.40. The fourth-order valence-corrected chi connectivity index (χ4v) is 5.35. The number of thiazole rings is 1. The van der Waals surface area contributed by atoms with Crippen molar-refractivity contribution < 1.29 is 19.4 Å². The average Bonchev–Trinajstić information content (AvgIpc) is 3.34. The molecule has 34 heavy (non-hydrogen) atoms. The highest BCUT2D eigenvalue weighted by molar-refractivity contribution is 7.15. The van der Waals surface area contributed by atoms with Crippen LogP contribution in [0.4, 0.5) is 4.79 Å². The number of aryl methyl sites for hydroxylation is 3. The molecular weight excluding hydrogens is 448 g/mol. The number of aromatic nitrogens is 2. The highest BCUT2D eigenvalue weighted by atomic mass is 32.1. The maximum absolute atomic E-state index is 11.4. The van der Waals surface area contributed by atoms with E-state index in [1.807, 2.05) is 62.4 Å². The molecule has 7 heteroatoms. The van der Waals surface area contributed by atoms with Gasteiger partial charge in [-0.05, 0) is 38.1 Å². The molecule has 0 aliphatic carbocycles. The molecule has 0 aliphatic rings. The second-order valence-electron chi connectivity index (χ2n) is 8.11. The van der Waals surface area contributed by atoms with Crippen LogP contribution in [0.5, 0.6) is 11.6 Å². The van der Waals surface area contributed by atoms with Crippen molar-refractivity contribution in [3.63, 3.8) is 0 Å². The standard InChI is InChI=1S/C27H24N2O4S/c1-16-25(34-17(2)28-16)22-12-6-11-20-21(26(29-24(20)22)33-27(30)31)13-7-15-32-23-14-5-9-18-8-3-4-10-19(18)23/h3-6,8-12,14,29H,7,13,15H2,1-2H3,(H,30,31). The zero-order chi connectivity index (χ0) is 23.7. The number of para-hydroxylation sites is 1. The van der Waals surface area contributed by atoms with E-state index < -0.39 is 6.16 Å². The molecule has 2 aromatic heterocycles. The lowest BCUT2D eigenvalue weighted by atomic mass is 10.0. The molecule has 0 saturated heterocycles. The van der Waals surface area contributed by atoms with Crippen LogP contribution in [-0.4, -0.2) is 27.8 Å². The molecule has 0 unspecified atom stereocenters. The number of hydrogen-bond donors (Lipinski definition) is 2. The van der Waals surface area contributed by atoms with Gasteiger partial charge in [-0.3, -0.25) is 0 Å². The molecule has 0 atom stereocenters. The summed E-state index contributed by atoms with van der Waals surface area (Å²) >= 11 is 1.62. The Bertz CT molecular complexity index is 1500. The van der Waals surface area contributed by atoms with Crippen LogP contribution in [0.1, 0.15) is 22.7 Å². The van der Waals surface area contributed by atoms with E-state index in [1.165, 1.54) is 0 Å². The number of fused-ring (bicyclic) bond motifs is 2. The summed E-state index contributed by atoms with van der Waals surface area (Å²) in [5, 5.41) is 13.4. The topological polar surface area (TPSA) is 84.4 Å². The highest BCUT2D eigenvalue weighted by Crippen LogP contribution is 2.39. The number of nitrogens with one attached hydrogen (secondary N) is 1. The predicted molar refractivity (Wildman–Crippen MR) is 135 cm³/mol. The molecule has 0 spiro atoms. The number of carbonyl (C=O) groups is 1. The van der Waals surface area contributed by atoms with E-state index in [0.29, 0.717) is 19.4 Å². The molecule has 3 aromatic carbocycles. The molecule has 172 valence electrons. The van der Waals surface area contributed by atoms with Crippen molar-refractivity contribution in [3.05, 3.63) is 76.9 Å². The van der Waals surface area contributed by atoms with Crippen molar-refractivity contribution in [1.82, 2.24) is 9.97 Å². The Hall–Kier alpha value is -3.84. The summed E-state index contributed by atoms with van der Waals surface area (Å²) in [7, 11) is 0. The minimum atomic E-state index is -1.34. The van der Waals surface area contributed by atoms with Gasteiger partial charge in [0.2, 0.25) is 5.88 Å². The molecule has 0 saturated carbocycles. The Labute approximate surface area is 200 Å². The first-order chi connectivity index (χ1) is 16.5. The van der Waals surface area contributed by atoms with Gasteiger partial charge in [0.05, 0.1) is 27.7 Å². The smallest absolute Gasteiger partial charge is 0.493 e. The van der Waals surface area contributed by atoms with Gasteiger partial charge in [0, 0.05) is 21.9 Å². The van der Waals surface area contributed by atoms with Gasteiger partial charge in [-0.15, -0.1) is 11.3 Å². The second kappa shape index (κ2) is 9.19. The molecule has 0 amide bonds. The summed E-state index contributed by atoms with van der Waals surface area (Å²) in [6.07, 6.45) is -0.0294. The average molecular weight is 473 g/mol. The lowest BCUT2D eigenvalue weighted by molar-refractivity contribution is 0.142. The van der Waals surface area contributed by atoms with Crippen molar-refractivity contribution in [3.8, 4) is 22.1 Å². The van der Waals surface area contributed by atoms with Crippen LogP contribution in [0.2, 0.25) is 0 Å². The molecule has 0 fully saturated rings. The third-order valence-corrected chi connectivity index (χ3v) is 6.92. The maximum Gasteiger partial charge on any atom is 0.512 e. The quantitative estimate of drug-likeness (QED) is 0.194. The van der Waals surface area contributed by atoms with Crippen LogP contribution in [0.3, 0.4) is 0 Å². The number of ether oxygens (including phenoxy) is 2. The SMILES string of the molecule is Cc1nc(C)c(-c2cccc3c(CCCOc4cccc5ccccc45)c(OC(=O)O)[nH]c23)s1. The fraction of sp³-hybridized carbons (Fsp3) is 0.185. The molecule has 5 aromatic rings. The molecule has 0 bridgehead atoms. The van der Waals surface area contributed by atoms with Gasteiger partial charge in [-0.2, -0.15) is 0 Å². The third-order valence-electron chi connectivity index (χ3n) is 5.82. The van der Waals surface area contributed by atoms with Gasteiger partial charge in [0.1, 0.15) is 5.75 Å². The van der Waals surface area contributed by atoms with Crippen LogP contribution in [0, 0.1) is 13.8 Å². The summed E-state index contributed by atoms with van der Waals surface area (Å²) in [5.74, 6) is 1.11. The summed E-state index contributed by atoms with van der Waals surface area (Å²) in [6, 6.07) is 20.1. The van der Waals surface area contributed by atoms with E-state index in [2.05, 4.69) is 22.1 Å². The molecule has 5 rings (SSSR count). The summed E-state index contributed by atoms with van der Waals surface area (Å²) < 4.78 is 11.2. The summed E-state index contributed by atoms with van der Waals surface area (Å²) in [5.41, 5.74) is 3.64. The van der Waals surface area contributed by atoms with E-state index in [1.54, 1.807) is 11.3 Å². The van der Waals surface area contributed by atoms with Gasteiger partial charge in [0.15, 0.2) is 0 Å². The number of rotatable bonds is 7. The zero-order valence-electron chi connectivity index (χ0n) is 18.9. The normalized spacial score (nSPS) is 11.2. The van der Waals surface area contributed by atoms with Crippen LogP contribution in [0.15, 0.2) is 60.7 Å². The van der Waals surface area contributed by atoms with E-state index in [4.69, 9.17) is 9.47 Å². The molecule has 0 radical (unpaired) electrons. The van der Waals surface area contributed by atoms with E-state index in [0.717, 1.165) is 54.1 Å². The largest absolute Gasteiger partial charge is 0.512 e. The number of nitrogens with zero attached hydrogens (tertiary/aromatic N) is 1. The molecule has 6 nitrogen and oxygen atoms in total. The maximum atomic E-state index is 11.4. The second-order valence-corrected chi connectivity index (χ2v) is 9.31. The van der Waals surface area contributed by atoms with E-state index in [9.17, 15) is 9.90 Å². The van der Waals surface area contributed by atoms with Gasteiger partial charge in [-0.1, -0.05) is 54.6 Å². The van der Waals surface area contributed by atoms with Crippen molar-refractivity contribution in [2.75, 3.05) is 6.61 Å². The van der Waals surface area contributed by atoms with Crippen LogP contribution in [0.25, 0.3) is 32.1 Å².